The fraction of sp³-hybridized carbons (Fsp3) is 0.417. The molecule has 0 radical (unpaired) electrons. The molecule has 1 saturated heterocycles. The van der Waals surface area contributed by atoms with E-state index in [1.165, 1.54) is 25.3 Å². The number of rotatable bonds is 8. The molecular weight excluding hydrogens is 517 g/mol. The summed E-state index contributed by atoms with van der Waals surface area (Å²) in [5.41, 5.74) is 3.14. The quantitative estimate of drug-likeness (QED) is 0.265. The number of benzene rings is 2. The van der Waals surface area contributed by atoms with Gasteiger partial charge in [-0.05, 0) is 61.3 Å². The Morgan fingerprint density at radius 2 is 1.84 bits per heavy atom. The van der Waals surface area contributed by atoms with Crippen LogP contribution >= 0.6 is 24.0 Å². The predicted octanol–water partition coefficient (Wildman–Crippen LogP) is 3.77. The van der Waals surface area contributed by atoms with Crippen LogP contribution in [0.2, 0.25) is 0 Å². The molecule has 8 heteroatoms. The number of anilines is 1. The van der Waals surface area contributed by atoms with Gasteiger partial charge in [0.25, 0.3) is 0 Å². The topological polar surface area (TPSA) is 78.0 Å². The van der Waals surface area contributed by atoms with Crippen LogP contribution in [0.4, 0.5) is 5.69 Å². The Bertz CT molecular complexity index is 882. The molecule has 0 aromatic heterocycles. The number of amides is 1. The number of methoxy groups -OCH3 is 1. The van der Waals surface area contributed by atoms with Crippen molar-refractivity contribution < 1.29 is 9.53 Å². The highest BCUT2D eigenvalue weighted by Crippen LogP contribution is 2.26. The van der Waals surface area contributed by atoms with Crippen molar-refractivity contribution in [3.05, 3.63) is 59.7 Å². The van der Waals surface area contributed by atoms with Crippen molar-refractivity contribution in [1.82, 2.24) is 15.5 Å². The second-order valence-corrected chi connectivity index (χ2v) is 7.72. The molecular formula is C24H34IN5O2. The summed E-state index contributed by atoms with van der Waals surface area (Å²) >= 11 is 0. The molecule has 0 spiro atoms. The van der Waals surface area contributed by atoms with Gasteiger partial charge >= 0.3 is 0 Å². The van der Waals surface area contributed by atoms with Crippen LogP contribution in [0, 0.1) is 0 Å². The molecule has 0 aliphatic carbocycles. The minimum atomic E-state index is -0.0749. The lowest BCUT2D eigenvalue weighted by Gasteiger charge is -2.29. The van der Waals surface area contributed by atoms with Crippen LogP contribution < -0.4 is 20.7 Å². The van der Waals surface area contributed by atoms with E-state index in [1.54, 1.807) is 14.2 Å². The third-order valence-corrected chi connectivity index (χ3v) is 5.48. The molecule has 1 amide bonds. The first kappa shape index (κ1) is 25.9. The van der Waals surface area contributed by atoms with Crippen molar-refractivity contribution >= 4 is 41.5 Å². The summed E-state index contributed by atoms with van der Waals surface area (Å²) in [6.45, 7) is 5.11. The average molecular weight is 551 g/mol. The number of ether oxygens (including phenoxy) is 1. The average Bonchev–Trinajstić information content (AvgIpc) is 3.31. The number of likely N-dealkylation sites (tertiary alicyclic amines) is 1. The number of halogens is 1. The van der Waals surface area contributed by atoms with Gasteiger partial charge in [0.05, 0.1) is 13.2 Å². The van der Waals surface area contributed by atoms with Gasteiger partial charge in [-0.1, -0.05) is 24.3 Å². The maximum absolute atomic E-state index is 11.3. The van der Waals surface area contributed by atoms with E-state index in [-0.39, 0.29) is 35.9 Å². The monoisotopic (exact) mass is 551 g/mol. The van der Waals surface area contributed by atoms with Gasteiger partial charge in [0, 0.05) is 32.7 Å². The molecule has 2 aromatic carbocycles. The second kappa shape index (κ2) is 13.3. The van der Waals surface area contributed by atoms with Gasteiger partial charge in [0.1, 0.15) is 5.75 Å². The van der Waals surface area contributed by atoms with E-state index in [0.29, 0.717) is 6.54 Å². The van der Waals surface area contributed by atoms with Gasteiger partial charge in [-0.3, -0.25) is 14.7 Å². The second-order valence-electron chi connectivity index (χ2n) is 7.72. The van der Waals surface area contributed by atoms with E-state index in [4.69, 9.17) is 4.74 Å². The third-order valence-electron chi connectivity index (χ3n) is 5.48. The zero-order chi connectivity index (χ0) is 22.1. The van der Waals surface area contributed by atoms with Gasteiger partial charge in [0.2, 0.25) is 5.91 Å². The largest absolute Gasteiger partial charge is 0.497 e. The summed E-state index contributed by atoms with van der Waals surface area (Å²) in [7, 11) is 3.47. The van der Waals surface area contributed by atoms with E-state index in [2.05, 4.69) is 38.0 Å². The Balaban J connectivity index is 0.00000363. The molecule has 2 aromatic rings. The zero-order valence-corrected chi connectivity index (χ0v) is 21.4. The fourth-order valence-corrected chi connectivity index (χ4v) is 3.90. The summed E-state index contributed by atoms with van der Waals surface area (Å²) in [6.07, 6.45) is 2.48. The van der Waals surface area contributed by atoms with Crippen LogP contribution in [0.25, 0.3) is 0 Å². The van der Waals surface area contributed by atoms with Crippen LogP contribution in [-0.2, 0) is 11.3 Å². The lowest BCUT2D eigenvalue weighted by atomic mass is 10.1. The van der Waals surface area contributed by atoms with E-state index < -0.39 is 0 Å². The summed E-state index contributed by atoms with van der Waals surface area (Å²) in [5.74, 6) is 1.55. The van der Waals surface area contributed by atoms with E-state index in [9.17, 15) is 4.79 Å². The molecule has 174 valence electrons. The number of aliphatic imine (C=N–C) groups is 1. The molecule has 1 atom stereocenters. The summed E-state index contributed by atoms with van der Waals surface area (Å²) < 4.78 is 5.31. The van der Waals surface area contributed by atoms with E-state index in [0.717, 1.165) is 42.6 Å². The number of nitrogens with one attached hydrogen (secondary N) is 3. The minimum absolute atomic E-state index is 0. The van der Waals surface area contributed by atoms with E-state index >= 15 is 0 Å². The number of guanidine groups is 1. The summed E-state index contributed by atoms with van der Waals surface area (Å²) in [4.78, 5) is 18.2. The van der Waals surface area contributed by atoms with Crippen LogP contribution in [0.1, 0.15) is 36.9 Å². The third kappa shape index (κ3) is 7.67. The maximum Gasteiger partial charge on any atom is 0.221 e. The lowest BCUT2D eigenvalue weighted by molar-refractivity contribution is -0.114. The van der Waals surface area contributed by atoms with Crippen LogP contribution in [-0.4, -0.2) is 50.6 Å². The van der Waals surface area contributed by atoms with Crippen molar-refractivity contribution in [3.8, 4) is 5.75 Å². The van der Waals surface area contributed by atoms with Crippen molar-refractivity contribution in [1.29, 1.82) is 0 Å². The van der Waals surface area contributed by atoms with Gasteiger partial charge in [-0.25, -0.2) is 0 Å². The normalized spacial score (nSPS) is 14.9. The van der Waals surface area contributed by atoms with Crippen molar-refractivity contribution in [2.45, 2.75) is 32.4 Å². The standard InChI is InChI=1S/C24H33N5O2.HI/c1-18(30)28-21-8-6-7-19(15-21)16-26-24(25-2)27-17-23(29-13-4-5-14-29)20-9-11-22(31-3)12-10-20;/h6-12,15,23H,4-5,13-14,16-17H2,1-3H3,(H,28,30)(H2,25,26,27);1H. The summed E-state index contributed by atoms with van der Waals surface area (Å²) in [5, 5.41) is 9.67. The molecule has 1 fully saturated rings. The molecule has 3 rings (SSSR count). The Morgan fingerprint density at radius 3 is 2.47 bits per heavy atom. The Hall–Kier alpha value is -2.33. The zero-order valence-electron chi connectivity index (χ0n) is 19.1. The first-order chi connectivity index (χ1) is 15.1. The minimum Gasteiger partial charge on any atom is -0.497 e. The SMILES string of the molecule is CN=C(NCc1cccc(NC(C)=O)c1)NCC(c1ccc(OC)cc1)N1CCCC1.I. The van der Waals surface area contributed by atoms with Gasteiger partial charge in [0.15, 0.2) is 5.96 Å². The van der Waals surface area contributed by atoms with Crippen LogP contribution in [0.3, 0.4) is 0 Å². The Labute approximate surface area is 208 Å². The van der Waals surface area contributed by atoms with E-state index in [1.807, 2.05) is 36.4 Å². The van der Waals surface area contributed by atoms with Gasteiger partial charge in [-0.15, -0.1) is 24.0 Å². The number of hydrogen-bond donors (Lipinski definition) is 3. The maximum atomic E-state index is 11.3. The molecule has 1 aliphatic rings. The Kier molecular flexibility index (Phi) is 10.8. The lowest BCUT2D eigenvalue weighted by Crippen LogP contribution is -2.42. The number of hydrogen-bond acceptors (Lipinski definition) is 4. The van der Waals surface area contributed by atoms with Crippen LogP contribution in [0.5, 0.6) is 5.75 Å². The fourth-order valence-electron chi connectivity index (χ4n) is 3.90. The summed E-state index contributed by atoms with van der Waals surface area (Å²) in [6, 6.07) is 16.4. The Morgan fingerprint density at radius 1 is 1.12 bits per heavy atom. The first-order valence-corrected chi connectivity index (χ1v) is 10.8. The highest BCUT2D eigenvalue weighted by atomic mass is 127. The highest BCUT2D eigenvalue weighted by molar-refractivity contribution is 14.0. The van der Waals surface area contributed by atoms with Crippen molar-refractivity contribution in [2.75, 3.05) is 39.1 Å². The highest BCUT2D eigenvalue weighted by Gasteiger charge is 2.23. The molecule has 32 heavy (non-hydrogen) atoms. The molecule has 7 nitrogen and oxygen atoms in total. The van der Waals surface area contributed by atoms with Crippen LogP contribution in [0.15, 0.2) is 53.5 Å². The first-order valence-electron chi connectivity index (χ1n) is 10.8. The van der Waals surface area contributed by atoms with Gasteiger partial charge in [-0.2, -0.15) is 0 Å². The van der Waals surface area contributed by atoms with Crippen molar-refractivity contribution in [2.24, 2.45) is 4.99 Å². The molecule has 1 aliphatic heterocycles. The number of nitrogens with zero attached hydrogens (tertiary/aromatic N) is 2. The smallest absolute Gasteiger partial charge is 0.221 e. The molecule has 1 heterocycles. The molecule has 1 unspecified atom stereocenters. The molecule has 0 bridgehead atoms. The number of carbonyl (C=O) groups is 1. The predicted molar refractivity (Wildman–Crippen MR) is 141 cm³/mol. The number of carbonyl (C=O) groups excluding carboxylic acids is 1. The molecule has 3 N–H and O–H groups in total. The van der Waals surface area contributed by atoms with Crippen molar-refractivity contribution in [3.63, 3.8) is 0 Å². The van der Waals surface area contributed by atoms with Gasteiger partial charge < -0.3 is 20.7 Å². The molecule has 0 saturated carbocycles.